The lowest BCUT2D eigenvalue weighted by Gasteiger charge is -2.20. The van der Waals surface area contributed by atoms with Crippen LogP contribution in [-0.4, -0.2) is 10.9 Å². The van der Waals surface area contributed by atoms with Crippen molar-refractivity contribution in [2.24, 2.45) is 5.11 Å². The van der Waals surface area contributed by atoms with Crippen molar-refractivity contribution in [3.05, 3.63) is 112 Å². The van der Waals surface area contributed by atoms with Crippen molar-refractivity contribution in [3.63, 3.8) is 0 Å². The Kier molecular flexibility index (Phi) is 6.92. The molecular weight excluding hydrogens is 472 g/mol. The summed E-state index contributed by atoms with van der Waals surface area (Å²) in [4.78, 5) is 20.1. The Balaban J connectivity index is 1.55. The maximum Gasteiger partial charge on any atom is 0.224 e. The van der Waals surface area contributed by atoms with E-state index in [4.69, 9.17) is 10.5 Å². The van der Waals surface area contributed by atoms with Gasteiger partial charge in [-0.15, -0.1) is 0 Å². The van der Waals surface area contributed by atoms with Crippen LogP contribution < -0.4 is 5.32 Å². The van der Waals surface area contributed by atoms with Crippen LogP contribution in [0.15, 0.2) is 84.1 Å². The molecule has 3 aromatic carbocycles. The molecule has 1 atom stereocenters. The number of halogens is 2. The number of nitrogens with one attached hydrogen (secondary N) is 1. The standard InChI is InChI=1S/C29H23F2N5O/c30-21-9-12-27-24(15-21)19-5-3-4-18(14-19)23(6-1-2-7-29(37)34-27)26-11-8-20(17-33-26)25-16-22(31)10-13-28(25)35-36-32/h3-5,8-17,23H,1-2,6-7H2,(H,34,37). The van der Waals surface area contributed by atoms with Crippen LogP contribution in [0.5, 0.6) is 0 Å². The first kappa shape index (κ1) is 24.2. The third-order valence-electron chi connectivity index (χ3n) is 6.57. The lowest BCUT2D eigenvalue weighted by Crippen LogP contribution is -2.13. The van der Waals surface area contributed by atoms with E-state index in [-0.39, 0.29) is 17.6 Å². The van der Waals surface area contributed by atoms with Gasteiger partial charge in [0.2, 0.25) is 5.91 Å². The average Bonchev–Trinajstić information content (AvgIpc) is 2.90. The van der Waals surface area contributed by atoms with E-state index in [9.17, 15) is 13.6 Å². The Morgan fingerprint density at radius 3 is 2.51 bits per heavy atom. The van der Waals surface area contributed by atoms with Crippen molar-refractivity contribution in [1.29, 1.82) is 0 Å². The Morgan fingerprint density at radius 2 is 1.73 bits per heavy atom. The SMILES string of the molecule is [N-]=[N+]=Nc1ccc(F)cc1-c1ccc(C2CCCCC(=O)Nc3ccc(F)cc3-c3cccc2c3)nc1. The Hall–Kier alpha value is -4.55. The van der Waals surface area contributed by atoms with Gasteiger partial charge in [-0.2, -0.15) is 0 Å². The molecule has 8 heteroatoms. The second-order valence-corrected chi connectivity index (χ2v) is 8.98. The Labute approximate surface area is 212 Å². The molecule has 1 aliphatic rings. The molecule has 2 heterocycles. The van der Waals surface area contributed by atoms with Crippen molar-refractivity contribution >= 4 is 17.3 Å². The molecule has 0 saturated carbocycles. The molecule has 1 aliphatic heterocycles. The summed E-state index contributed by atoms with van der Waals surface area (Å²) in [6, 6.07) is 20.0. The van der Waals surface area contributed by atoms with Gasteiger partial charge in [0.25, 0.3) is 0 Å². The minimum Gasteiger partial charge on any atom is -0.326 e. The van der Waals surface area contributed by atoms with E-state index in [0.717, 1.165) is 29.7 Å². The van der Waals surface area contributed by atoms with Crippen LogP contribution in [-0.2, 0) is 4.79 Å². The second-order valence-electron chi connectivity index (χ2n) is 8.98. The third kappa shape index (κ3) is 5.34. The van der Waals surface area contributed by atoms with Crippen LogP contribution in [0.3, 0.4) is 0 Å². The Bertz CT molecular complexity index is 1510. The number of azide groups is 1. The van der Waals surface area contributed by atoms with Gasteiger partial charge >= 0.3 is 0 Å². The maximum absolute atomic E-state index is 14.2. The summed E-state index contributed by atoms with van der Waals surface area (Å²) in [7, 11) is 0. The van der Waals surface area contributed by atoms with Crippen LogP contribution in [0.25, 0.3) is 32.7 Å². The Morgan fingerprint density at radius 1 is 0.919 bits per heavy atom. The van der Waals surface area contributed by atoms with Gasteiger partial charge in [0.15, 0.2) is 0 Å². The summed E-state index contributed by atoms with van der Waals surface area (Å²) in [5.74, 6) is -0.975. The zero-order valence-corrected chi connectivity index (χ0v) is 19.9. The minimum absolute atomic E-state index is 0.0578. The number of carbonyl (C=O) groups excluding carboxylic acids is 1. The van der Waals surface area contributed by atoms with Crippen LogP contribution in [0, 0.1) is 11.6 Å². The number of hydrogen-bond donors (Lipinski definition) is 1. The summed E-state index contributed by atoms with van der Waals surface area (Å²) in [5, 5.41) is 6.59. The van der Waals surface area contributed by atoms with Gasteiger partial charge in [-0.3, -0.25) is 9.78 Å². The van der Waals surface area contributed by atoms with Gasteiger partial charge in [0.1, 0.15) is 11.6 Å². The van der Waals surface area contributed by atoms with Crippen molar-refractivity contribution in [3.8, 4) is 22.3 Å². The highest BCUT2D eigenvalue weighted by Crippen LogP contribution is 2.37. The smallest absolute Gasteiger partial charge is 0.224 e. The van der Waals surface area contributed by atoms with Gasteiger partial charge < -0.3 is 5.32 Å². The van der Waals surface area contributed by atoms with E-state index in [2.05, 4.69) is 15.3 Å². The summed E-state index contributed by atoms with van der Waals surface area (Å²) in [6.07, 6.45) is 4.30. The summed E-state index contributed by atoms with van der Waals surface area (Å²) in [6.45, 7) is 0. The van der Waals surface area contributed by atoms with Gasteiger partial charge in [-0.05, 0) is 77.5 Å². The van der Waals surface area contributed by atoms with E-state index >= 15 is 0 Å². The zero-order valence-electron chi connectivity index (χ0n) is 19.9. The zero-order chi connectivity index (χ0) is 25.8. The molecule has 1 aromatic heterocycles. The fourth-order valence-electron chi connectivity index (χ4n) is 4.76. The molecule has 1 unspecified atom stereocenters. The average molecular weight is 496 g/mol. The minimum atomic E-state index is -0.437. The first-order chi connectivity index (χ1) is 18.0. The highest BCUT2D eigenvalue weighted by molar-refractivity contribution is 5.95. The van der Waals surface area contributed by atoms with Crippen molar-refractivity contribution in [1.82, 2.24) is 4.98 Å². The molecule has 1 N–H and O–H groups in total. The number of amides is 1. The molecule has 5 rings (SSSR count). The number of benzene rings is 3. The number of hydrogen-bond acceptors (Lipinski definition) is 3. The van der Waals surface area contributed by atoms with Gasteiger partial charge in [-0.1, -0.05) is 41.9 Å². The molecule has 0 saturated heterocycles. The lowest BCUT2D eigenvalue weighted by atomic mass is 9.87. The number of anilines is 1. The number of pyridine rings is 1. The van der Waals surface area contributed by atoms with Crippen LogP contribution in [0.2, 0.25) is 0 Å². The van der Waals surface area contributed by atoms with E-state index in [0.29, 0.717) is 40.9 Å². The lowest BCUT2D eigenvalue weighted by molar-refractivity contribution is -0.116. The maximum atomic E-state index is 14.2. The summed E-state index contributed by atoms with van der Waals surface area (Å²) < 4.78 is 28.1. The fourth-order valence-corrected chi connectivity index (χ4v) is 4.76. The van der Waals surface area contributed by atoms with Crippen LogP contribution >= 0.6 is 0 Å². The molecule has 0 fully saturated rings. The van der Waals surface area contributed by atoms with E-state index in [1.54, 1.807) is 12.3 Å². The largest absolute Gasteiger partial charge is 0.326 e. The highest BCUT2D eigenvalue weighted by Gasteiger charge is 2.19. The van der Waals surface area contributed by atoms with Crippen LogP contribution in [0.1, 0.15) is 42.9 Å². The van der Waals surface area contributed by atoms with Crippen molar-refractivity contribution in [2.75, 3.05) is 5.32 Å². The van der Waals surface area contributed by atoms with E-state index in [1.807, 2.05) is 36.4 Å². The molecule has 37 heavy (non-hydrogen) atoms. The van der Waals surface area contributed by atoms with E-state index in [1.165, 1.54) is 30.3 Å². The summed E-state index contributed by atoms with van der Waals surface area (Å²) >= 11 is 0. The van der Waals surface area contributed by atoms with E-state index < -0.39 is 5.82 Å². The molecule has 2 bridgehead atoms. The normalized spacial score (nSPS) is 15.4. The molecule has 0 aliphatic carbocycles. The molecular formula is C29H23F2N5O. The molecule has 0 spiro atoms. The third-order valence-corrected chi connectivity index (χ3v) is 6.57. The molecule has 6 nitrogen and oxygen atoms in total. The molecule has 0 radical (unpaired) electrons. The number of carbonyl (C=O) groups is 1. The fraction of sp³-hybridized carbons (Fsp3) is 0.172. The van der Waals surface area contributed by atoms with Crippen molar-refractivity contribution < 1.29 is 13.6 Å². The summed E-state index contributed by atoms with van der Waals surface area (Å²) in [5.41, 5.74) is 14.1. The molecule has 1 amide bonds. The molecule has 4 aromatic rings. The van der Waals surface area contributed by atoms with Crippen LogP contribution in [0.4, 0.5) is 20.2 Å². The van der Waals surface area contributed by atoms with Crippen molar-refractivity contribution in [2.45, 2.75) is 31.6 Å². The topological polar surface area (TPSA) is 90.8 Å². The number of aromatic nitrogens is 1. The van der Waals surface area contributed by atoms with Gasteiger partial charge in [-0.25, -0.2) is 8.78 Å². The highest BCUT2D eigenvalue weighted by atomic mass is 19.1. The number of fused-ring (bicyclic) bond motifs is 4. The number of rotatable bonds is 3. The van der Waals surface area contributed by atoms with Gasteiger partial charge in [0.05, 0.1) is 0 Å². The number of nitrogens with zero attached hydrogens (tertiary/aromatic N) is 4. The van der Waals surface area contributed by atoms with Gasteiger partial charge in [0, 0.05) is 51.6 Å². The first-order valence-corrected chi connectivity index (χ1v) is 12.0. The monoisotopic (exact) mass is 495 g/mol. The quantitative estimate of drug-likeness (QED) is 0.176. The first-order valence-electron chi connectivity index (χ1n) is 12.0. The predicted octanol–water partition coefficient (Wildman–Crippen LogP) is 8.28. The second kappa shape index (κ2) is 10.6. The molecule has 184 valence electrons. The predicted molar refractivity (Wildman–Crippen MR) is 139 cm³/mol.